The maximum atomic E-state index is 5.93. The average molecular weight is 290 g/mol. The molecule has 0 spiro atoms. The van der Waals surface area contributed by atoms with E-state index >= 15 is 0 Å². The van der Waals surface area contributed by atoms with E-state index in [1.54, 1.807) is 11.3 Å². The van der Waals surface area contributed by atoms with Crippen molar-refractivity contribution >= 4 is 27.3 Å². The van der Waals surface area contributed by atoms with Gasteiger partial charge in [-0.3, -0.25) is 0 Å². The zero-order chi connectivity index (χ0) is 11.1. The maximum absolute atomic E-state index is 5.93. The molecule has 1 N–H and O–H groups in total. The van der Waals surface area contributed by atoms with Crippen molar-refractivity contribution in [3.8, 4) is 0 Å². The molecule has 0 saturated carbocycles. The highest BCUT2D eigenvalue weighted by Gasteiger charge is 2.33. The number of halogens is 1. The lowest BCUT2D eigenvalue weighted by atomic mass is 9.99. The first-order valence-electron chi connectivity index (χ1n) is 5.12. The molecule has 0 amide bonds. The van der Waals surface area contributed by atoms with Crippen molar-refractivity contribution in [1.29, 1.82) is 0 Å². The summed E-state index contributed by atoms with van der Waals surface area (Å²) < 4.78 is 7.10. The second-order valence-corrected chi connectivity index (χ2v) is 7.18. The van der Waals surface area contributed by atoms with E-state index in [1.807, 2.05) is 0 Å². The van der Waals surface area contributed by atoms with Crippen LogP contribution in [0.25, 0.3) is 0 Å². The van der Waals surface area contributed by atoms with E-state index in [0.717, 1.165) is 10.4 Å². The van der Waals surface area contributed by atoms with Gasteiger partial charge in [-0.25, -0.2) is 0 Å². The van der Waals surface area contributed by atoms with E-state index in [2.05, 4.69) is 54.2 Å². The SMILES string of the molecule is CC1NC(C)(C)COC1c1ccc(Br)s1. The number of nitrogens with one attached hydrogen (secondary N) is 1. The van der Waals surface area contributed by atoms with Crippen molar-refractivity contribution in [2.45, 2.75) is 38.5 Å². The molecule has 2 unspecified atom stereocenters. The molecule has 0 radical (unpaired) electrons. The van der Waals surface area contributed by atoms with Gasteiger partial charge < -0.3 is 10.1 Å². The summed E-state index contributed by atoms with van der Waals surface area (Å²) in [5.41, 5.74) is 0.0877. The lowest BCUT2D eigenvalue weighted by molar-refractivity contribution is -0.0478. The van der Waals surface area contributed by atoms with Crippen LogP contribution in [0, 0.1) is 0 Å². The Balaban J connectivity index is 2.12. The molecule has 1 aliphatic rings. The Morgan fingerprint density at radius 1 is 1.53 bits per heavy atom. The Labute approximate surface area is 103 Å². The Bertz CT molecular complexity index is 350. The van der Waals surface area contributed by atoms with E-state index in [9.17, 15) is 0 Å². The van der Waals surface area contributed by atoms with Crippen molar-refractivity contribution < 1.29 is 4.74 Å². The van der Waals surface area contributed by atoms with Crippen LogP contribution in [-0.4, -0.2) is 18.2 Å². The number of morpholine rings is 1. The first-order valence-corrected chi connectivity index (χ1v) is 6.73. The Morgan fingerprint density at radius 2 is 2.27 bits per heavy atom. The van der Waals surface area contributed by atoms with Crippen molar-refractivity contribution in [2.24, 2.45) is 0 Å². The molecule has 1 saturated heterocycles. The minimum absolute atomic E-state index is 0.0877. The second kappa shape index (κ2) is 4.17. The van der Waals surface area contributed by atoms with Crippen molar-refractivity contribution in [1.82, 2.24) is 5.32 Å². The zero-order valence-corrected chi connectivity index (χ0v) is 11.6. The summed E-state index contributed by atoms with van der Waals surface area (Å²) in [6, 6.07) is 4.57. The zero-order valence-electron chi connectivity index (χ0n) is 9.21. The van der Waals surface area contributed by atoms with Crippen LogP contribution in [0.15, 0.2) is 15.9 Å². The largest absolute Gasteiger partial charge is 0.369 e. The third-order valence-corrected chi connectivity index (χ3v) is 4.26. The van der Waals surface area contributed by atoms with Crippen LogP contribution in [0.3, 0.4) is 0 Å². The molecule has 2 nitrogen and oxygen atoms in total. The Morgan fingerprint density at radius 3 is 2.80 bits per heavy atom. The predicted molar refractivity (Wildman–Crippen MR) is 67.4 cm³/mol. The van der Waals surface area contributed by atoms with Gasteiger partial charge in [-0.2, -0.15) is 0 Å². The summed E-state index contributed by atoms with van der Waals surface area (Å²) in [6.07, 6.45) is 0.189. The molecular formula is C11H16BrNOS. The van der Waals surface area contributed by atoms with Gasteiger partial charge in [-0.05, 0) is 48.8 Å². The minimum Gasteiger partial charge on any atom is -0.369 e. The Hall–Kier alpha value is 0.1000. The van der Waals surface area contributed by atoms with Gasteiger partial charge in [0.1, 0.15) is 6.10 Å². The summed E-state index contributed by atoms with van der Waals surface area (Å²) >= 11 is 5.23. The van der Waals surface area contributed by atoms with E-state index < -0.39 is 0 Å². The molecule has 84 valence electrons. The molecule has 2 atom stereocenters. The van der Waals surface area contributed by atoms with Gasteiger partial charge in [0, 0.05) is 16.5 Å². The fourth-order valence-electron chi connectivity index (χ4n) is 1.99. The molecule has 4 heteroatoms. The highest BCUT2D eigenvalue weighted by molar-refractivity contribution is 9.11. The number of hydrogen-bond donors (Lipinski definition) is 1. The summed E-state index contributed by atoms with van der Waals surface area (Å²) in [7, 11) is 0. The number of hydrogen-bond acceptors (Lipinski definition) is 3. The molecule has 1 aromatic rings. The molecule has 1 aliphatic heterocycles. The standard InChI is InChI=1S/C11H16BrNOS/c1-7-10(8-4-5-9(12)15-8)14-6-11(2,3)13-7/h4-5,7,10,13H,6H2,1-3H3. The molecule has 0 aliphatic carbocycles. The van der Waals surface area contributed by atoms with Crippen molar-refractivity contribution in [3.05, 3.63) is 20.8 Å². The molecule has 15 heavy (non-hydrogen) atoms. The third kappa shape index (κ3) is 2.61. The highest BCUT2D eigenvalue weighted by atomic mass is 79.9. The molecule has 1 fully saturated rings. The molecular weight excluding hydrogens is 274 g/mol. The van der Waals surface area contributed by atoms with Gasteiger partial charge in [-0.1, -0.05) is 0 Å². The minimum atomic E-state index is 0.0877. The highest BCUT2D eigenvalue weighted by Crippen LogP contribution is 2.34. The average Bonchev–Trinajstić information content (AvgIpc) is 2.50. The van der Waals surface area contributed by atoms with Gasteiger partial charge in [0.25, 0.3) is 0 Å². The van der Waals surface area contributed by atoms with Crippen LogP contribution in [0.5, 0.6) is 0 Å². The number of thiophene rings is 1. The van der Waals surface area contributed by atoms with Crippen molar-refractivity contribution in [3.63, 3.8) is 0 Å². The smallest absolute Gasteiger partial charge is 0.107 e. The van der Waals surface area contributed by atoms with Crippen molar-refractivity contribution in [2.75, 3.05) is 6.61 Å². The predicted octanol–water partition coefficient (Wildman–Crippen LogP) is 3.34. The number of rotatable bonds is 1. The normalized spacial score (nSPS) is 30.4. The maximum Gasteiger partial charge on any atom is 0.107 e. The third-order valence-electron chi connectivity index (χ3n) is 2.57. The number of ether oxygens (including phenoxy) is 1. The molecule has 0 aromatic carbocycles. The lowest BCUT2D eigenvalue weighted by Gasteiger charge is -2.40. The molecule has 0 bridgehead atoms. The summed E-state index contributed by atoms with van der Waals surface area (Å²) in [4.78, 5) is 1.29. The first-order chi connectivity index (χ1) is 6.98. The van der Waals surface area contributed by atoms with Crippen LogP contribution in [0.1, 0.15) is 31.8 Å². The quantitative estimate of drug-likeness (QED) is 0.856. The van der Waals surface area contributed by atoms with Gasteiger partial charge in [0.15, 0.2) is 0 Å². The lowest BCUT2D eigenvalue weighted by Crippen LogP contribution is -2.55. The van der Waals surface area contributed by atoms with Crippen LogP contribution >= 0.6 is 27.3 Å². The van der Waals surface area contributed by atoms with E-state index in [1.165, 1.54) is 4.88 Å². The van der Waals surface area contributed by atoms with Gasteiger partial charge in [0.05, 0.1) is 10.4 Å². The van der Waals surface area contributed by atoms with E-state index in [4.69, 9.17) is 4.74 Å². The Kier molecular flexibility index (Phi) is 3.22. The fourth-order valence-corrected chi connectivity index (χ4v) is 3.56. The van der Waals surface area contributed by atoms with Crippen LogP contribution < -0.4 is 5.32 Å². The monoisotopic (exact) mass is 289 g/mol. The van der Waals surface area contributed by atoms with Crippen LogP contribution in [0.2, 0.25) is 0 Å². The summed E-state index contributed by atoms with van der Waals surface area (Å²) in [5.74, 6) is 0. The first kappa shape index (κ1) is 11.6. The fraction of sp³-hybridized carbons (Fsp3) is 0.636. The summed E-state index contributed by atoms with van der Waals surface area (Å²) in [5, 5.41) is 3.58. The van der Waals surface area contributed by atoms with Crippen LogP contribution in [-0.2, 0) is 4.74 Å². The second-order valence-electron chi connectivity index (χ2n) is 4.69. The van der Waals surface area contributed by atoms with E-state index in [-0.39, 0.29) is 11.6 Å². The molecule has 1 aromatic heterocycles. The van der Waals surface area contributed by atoms with E-state index in [0.29, 0.717) is 6.04 Å². The van der Waals surface area contributed by atoms with Gasteiger partial charge >= 0.3 is 0 Å². The summed E-state index contributed by atoms with van der Waals surface area (Å²) in [6.45, 7) is 7.28. The molecule has 2 heterocycles. The molecule has 2 rings (SSSR count). The van der Waals surface area contributed by atoms with Gasteiger partial charge in [0.2, 0.25) is 0 Å². The topological polar surface area (TPSA) is 21.3 Å². The van der Waals surface area contributed by atoms with Gasteiger partial charge in [-0.15, -0.1) is 11.3 Å². The van der Waals surface area contributed by atoms with Crippen LogP contribution in [0.4, 0.5) is 0 Å².